The highest BCUT2D eigenvalue weighted by Gasteiger charge is 2.30. The van der Waals surface area contributed by atoms with Crippen molar-refractivity contribution in [1.82, 2.24) is 15.1 Å². The molecule has 3 rings (SSSR count). The molecule has 0 unspecified atom stereocenters. The van der Waals surface area contributed by atoms with Crippen LogP contribution in [0, 0.1) is 11.8 Å². The molecular weight excluding hydrogens is 447 g/mol. The Balaban J connectivity index is 0.00000243. The van der Waals surface area contributed by atoms with Crippen LogP contribution in [0.1, 0.15) is 25.7 Å². The van der Waals surface area contributed by atoms with Crippen LogP contribution in [-0.4, -0.2) is 87.9 Å². The van der Waals surface area contributed by atoms with E-state index in [1.54, 1.807) is 0 Å². The third-order valence-corrected chi connectivity index (χ3v) is 5.26. The highest BCUT2D eigenvalue weighted by Crippen LogP contribution is 2.28. The molecule has 0 atom stereocenters. The standard InChI is InChI=1S/C18H32N4O3.HI/c1-19-18(20-6-11-25-14-15-2-3-15)22-7-4-16(5-8-22)17(23)21-9-12-24-13-10-21;/h15-16H,2-14H2,1H3,(H,19,20);1H. The van der Waals surface area contributed by atoms with Gasteiger partial charge in [0.05, 0.1) is 19.8 Å². The number of nitrogens with one attached hydrogen (secondary N) is 1. The van der Waals surface area contributed by atoms with Gasteiger partial charge in [0.2, 0.25) is 5.91 Å². The lowest BCUT2D eigenvalue weighted by Gasteiger charge is -2.36. The third-order valence-electron chi connectivity index (χ3n) is 5.26. The molecule has 1 N–H and O–H groups in total. The minimum Gasteiger partial charge on any atom is -0.379 e. The van der Waals surface area contributed by atoms with Crippen LogP contribution in [-0.2, 0) is 14.3 Å². The lowest BCUT2D eigenvalue weighted by molar-refractivity contribution is -0.140. The van der Waals surface area contributed by atoms with Crippen molar-refractivity contribution in [3.8, 4) is 0 Å². The number of amides is 1. The maximum atomic E-state index is 12.6. The van der Waals surface area contributed by atoms with Gasteiger partial charge in [0, 0.05) is 52.3 Å². The Bertz CT molecular complexity index is 459. The zero-order chi connectivity index (χ0) is 17.5. The lowest BCUT2D eigenvalue weighted by Crippen LogP contribution is -2.50. The highest BCUT2D eigenvalue weighted by molar-refractivity contribution is 14.0. The molecule has 26 heavy (non-hydrogen) atoms. The number of rotatable bonds is 6. The summed E-state index contributed by atoms with van der Waals surface area (Å²) in [5.74, 6) is 2.18. The summed E-state index contributed by atoms with van der Waals surface area (Å²) in [5.41, 5.74) is 0. The number of likely N-dealkylation sites (tertiary alicyclic amines) is 1. The summed E-state index contributed by atoms with van der Waals surface area (Å²) in [4.78, 5) is 21.2. The normalized spacial score (nSPS) is 22.1. The van der Waals surface area contributed by atoms with Gasteiger partial charge in [-0.3, -0.25) is 9.79 Å². The van der Waals surface area contributed by atoms with Crippen LogP contribution in [0.5, 0.6) is 0 Å². The molecule has 0 aromatic rings. The van der Waals surface area contributed by atoms with Gasteiger partial charge in [-0.15, -0.1) is 24.0 Å². The second-order valence-electron chi connectivity index (χ2n) is 7.19. The fraction of sp³-hybridized carbons (Fsp3) is 0.889. The summed E-state index contributed by atoms with van der Waals surface area (Å²) in [7, 11) is 1.82. The van der Waals surface area contributed by atoms with E-state index in [9.17, 15) is 4.79 Å². The van der Waals surface area contributed by atoms with Crippen molar-refractivity contribution in [3.63, 3.8) is 0 Å². The minimum atomic E-state index is 0. The number of guanidine groups is 1. The number of hydrogen-bond acceptors (Lipinski definition) is 4. The summed E-state index contributed by atoms with van der Waals surface area (Å²) in [6.07, 6.45) is 4.45. The number of aliphatic imine (C=N–C) groups is 1. The Kier molecular flexibility index (Phi) is 9.41. The van der Waals surface area contributed by atoms with E-state index in [1.165, 1.54) is 12.8 Å². The molecular formula is C18H33IN4O3. The number of nitrogens with zero attached hydrogens (tertiary/aromatic N) is 3. The van der Waals surface area contributed by atoms with Crippen molar-refractivity contribution < 1.29 is 14.3 Å². The topological polar surface area (TPSA) is 66.4 Å². The molecule has 3 aliphatic rings. The fourth-order valence-electron chi connectivity index (χ4n) is 3.48. The first-order valence-electron chi connectivity index (χ1n) is 9.68. The third kappa shape index (κ3) is 6.53. The molecule has 3 fully saturated rings. The number of halogens is 1. The molecule has 2 heterocycles. The van der Waals surface area contributed by atoms with Crippen LogP contribution < -0.4 is 5.32 Å². The molecule has 7 nitrogen and oxygen atoms in total. The molecule has 1 amide bonds. The maximum absolute atomic E-state index is 12.6. The van der Waals surface area contributed by atoms with Crippen molar-refractivity contribution in [2.24, 2.45) is 16.8 Å². The minimum absolute atomic E-state index is 0. The second-order valence-corrected chi connectivity index (χ2v) is 7.19. The molecule has 0 aromatic carbocycles. The zero-order valence-electron chi connectivity index (χ0n) is 15.8. The SMILES string of the molecule is CN=C(NCCOCC1CC1)N1CCC(C(=O)N2CCOCC2)CC1.I. The molecule has 2 saturated heterocycles. The Morgan fingerprint density at radius 3 is 2.42 bits per heavy atom. The van der Waals surface area contributed by atoms with E-state index in [-0.39, 0.29) is 29.9 Å². The Hall–Kier alpha value is -0.610. The molecule has 1 aliphatic carbocycles. The number of carbonyl (C=O) groups is 1. The number of piperidine rings is 1. The largest absolute Gasteiger partial charge is 0.379 e. The molecule has 2 aliphatic heterocycles. The number of hydrogen-bond donors (Lipinski definition) is 1. The number of ether oxygens (including phenoxy) is 2. The van der Waals surface area contributed by atoms with Crippen molar-refractivity contribution in [3.05, 3.63) is 0 Å². The van der Waals surface area contributed by atoms with E-state index in [1.807, 2.05) is 11.9 Å². The Labute approximate surface area is 173 Å². The smallest absolute Gasteiger partial charge is 0.225 e. The first kappa shape index (κ1) is 21.7. The van der Waals surface area contributed by atoms with Crippen LogP contribution in [0.2, 0.25) is 0 Å². The van der Waals surface area contributed by atoms with Crippen molar-refractivity contribution >= 4 is 35.8 Å². The average molecular weight is 480 g/mol. The molecule has 150 valence electrons. The van der Waals surface area contributed by atoms with E-state index in [0.717, 1.165) is 70.7 Å². The molecule has 1 saturated carbocycles. The zero-order valence-corrected chi connectivity index (χ0v) is 18.2. The molecule has 8 heteroatoms. The van der Waals surface area contributed by atoms with Gasteiger partial charge in [-0.1, -0.05) is 0 Å². The summed E-state index contributed by atoms with van der Waals surface area (Å²) < 4.78 is 11.0. The molecule has 0 bridgehead atoms. The van der Waals surface area contributed by atoms with Crippen LogP contribution in [0.25, 0.3) is 0 Å². The van der Waals surface area contributed by atoms with Gasteiger partial charge in [-0.2, -0.15) is 0 Å². The van der Waals surface area contributed by atoms with Crippen molar-refractivity contribution in [2.75, 3.05) is 66.2 Å². The number of morpholine rings is 1. The van der Waals surface area contributed by atoms with Crippen LogP contribution >= 0.6 is 24.0 Å². The molecule has 0 radical (unpaired) electrons. The summed E-state index contributed by atoms with van der Waals surface area (Å²) in [6.45, 7) is 6.98. The van der Waals surface area contributed by atoms with E-state index in [4.69, 9.17) is 9.47 Å². The fourth-order valence-corrected chi connectivity index (χ4v) is 3.48. The van der Waals surface area contributed by atoms with E-state index < -0.39 is 0 Å². The summed E-state index contributed by atoms with van der Waals surface area (Å²) in [6, 6.07) is 0. The number of carbonyl (C=O) groups excluding carboxylic acids is 1. The first-order valence-corrected chi connectivity index (χ1v) is 9.68. The Morgan fingerprint density at radius 1 is 1.12 bits per heavy atom. The maximum Gasteiger partial charge on any atom is 0.225 e. The monoisotopic (exact) mass is 480 g/mol. The van der Waals surface area contributed by atoms with Crippen molar-refractivity contribution in [2.45, 2.75) is 25.7 Å². The van der Waals surface area contributed by atoms with Crippen LogP contribution in [0.3, 0.4) is 0 Å². The van der Waals surface area contributed by atoms with Gasteiger partial charge in [-0.05, 0) is 31.6 Å². The Morgan fingerprint density at radius 2 is 1.81 bits per heavy atom. The first-order chi connectivity index (χ1) is 12.3. The predicted octanol–water partition coefficient (Wildman–Crippen LogP) is 1.18. The average Bonchev–Trinajstić information content (AvgIpc) is 3.49. The van der Waals surface area contributed by atoms with Gasteiger partial charge in [0.1, 0.15) is 0 Å². The van der Waals surface area contributed by atoms with Gasteiger partial charge in [0.15, 0.2) is 5.96 Å². The predicted molar refractivity (Wildman–Crippen MR) is 112 cm³/mol. The quantitative estimate of drug-likeness (QED) is 0.268. The van der Waals surface area contributed by atoms with E-state index in [2.05, 4.69) is 15.2 Å². The summed E-state index contributed by atoms with van der Waals surface area (Å²) in [5, 5.41) is 3.38. The molecule has 0 spiro atoms. The van der Waals surface area contributed by atoms with Gasteiger partial charge < -0.3 is 24.6 Å². The second kappa shape index (κ2) is 11.3. The van der Waals surface area contributed by atoms with Crippen LogP contribution in [0.15, 0.2) is 4.99 Å². The molecule has 0 aromatic heterocycles. The highest BCUT2D eigenvalue weighted by atomic mass is 127. The summed E-state index contributed by atoms with van der Waals surface area (Å²) >= 11 is 0. The van der Waals surface area contributed by atoms with Crippen LogP contribution in [0.4, 0.5) is 0 Å². The van der Waals surface area contributed by atoms with Gasteiger partial charge in [0.25, 0.3) is 0 Å². The van der Waals surface area contributed by atoms with E-state index in [0.29, 0.717) is 19.1 Å². The van der Waals surface area contributed by atoms with Crippen molar-refractivity contribution in [1.29, 1.82) is 0 Å². The van der Waals surface area contributed by atoms with Gasteiger partial charge >= 0.3 is 0 Å². The van der Waals surface area contributed by atoms with Gasteiger partial charge in [-0.25, -0.2) is 0 Å². The lowest BCUT2D eigenvalue weighted by atomic mass is 9.95. The van der Waals surface area contributed by atoms with E-state index >= 15 is 0 Å².